The van der Waals surface area contributed by atoms with E-state index in [1.807, 2.05) is 0 Å². The van der Waals surface area contributed by atoms with Gasteiger partial charge in [-0.25, -0.2) is 0 Å². The third kappa shape index (κ3) is 2.83. The molecule has 0 N–H and O–H groups in total. The zero-order chi connectivity index (χ0) is 7.23. The van der Waals surface area contributed by atoms with Gasteiger partial charge in [0.15, 0.2) is 0 Å². The second-order valence-electron chi connectivity index (χ2n) is 2.59. The average molecular weight is 321 g/mol. The summed E-state index contributed by atoms with van der Waals surface area (Å²) in [5, 5.41) is 0. The van der Waals surface area contributed by atoms with Crippen molar-refractivity contribution in [2.75, 3.05) is 0 Å². The van der Waals surface area contributed by atoms with E-state index in [1.165, 1.54) is 7.86 Å². The van der Waals surface area contributed by atoms with Crippen LogP contribution in [0.1, 0.15) is 12.5 Å². The molecule has 0 amide bonds. The van der Waals surface area contributed by atoms with Gasteiger partial charge in [-0.3, -0.25) is 0 Å². The van der Waals surface area contributed by atoms with Crippen LogP contribution in [-0.4, -0.2) is 0 Å². The number of rotatable bonds is 3. The molecule has 1 heteroatoms. The van der Waals surface area contributed by atoms with E-state index in [0.717, 1.165) is 0 Å². The van der Waals surface area contributed by atoms with Crippen molar-refractivity contribution in [1.82, 2.24) is 0 Å². The monoisotopic (exact) mass is 322 g/mol. The molecule has 0 aliphatic carbocycles. The Kier molecular flexibility index (Phi) is 4.04. The third-order valence-electron chi connectivity index (χ3n) is 1.66. The van der Waals surface area contributed by atoms with E-state index in [4.69, 9.17) is 0 Å². The summed E-state index contributed by atoms with van der Waals surface area (Å²) in [5.74, 6) is 0. The number of hydrogen-bond donors (Lipinski definition) is 0. The quantitative estimate of drug-likeness (QED) is 0.751. The summed E-state index contributed by atoms with van der Waals surface area (Å²) >= 11 is -0.428. The molecule has 1 aromatic carbocycles. The van der Waals surface area contributed by atoms with Crippen LogP contribution in [0.2, 0.25) is 3.93 Å². The number of benzene rings is 1. The summed E-state index contributed by atoms with van der Waals surface area (Å²) in [4.78, 5) is 0. The predicted octanol–water partition coefficient (Wildman–Crippen LogP) is 2.71. The van der Waals surface area contributed by atoms with Crippen molar-refractivity contribution in [1.29, 1.82) is 0 Å². The number of hydrogen-bond acceptors (Lipinski definition) is 0. The molecule has 0 spiro atoms. The second kappa shape index (κ2) is 4.89. The van der Waals surface area contributed by atoms with Crippen LogP contribution in [0.5, 0.6) is 0 Å². The summed E-state index contributed by atoms with van der Waals surface area (Å²) in [6, 6.07) is 10.9. The third-order valence-corrected chi connectivity index (χ3v) is 8.03. The van der Waals surface area contributed by atoms with Gasteiger partial charge in [-0.15, -0.1) is 0 Å². The summed E-state index contributed by atoms with van der Waals surface area (Å²) in [6.45, 7) is 2.32. The topological polar surface area (TPSA) is 0 Å². The van der Waals surface area contributed by atoms with Crippen molar-refractivity contribution >= 4 is 0 Å². The fourth-order valence-corrected chi connectivity index (χ4v) is 5.28. The maximum absolute atomic E-state index is 2.32. The first kappa shape index (κ1) is 8.25. The van der Waals surface area contributed by atoms with Gasteiger partial charge in [-0.05, 0) is 0 Å². The molecule has 0 saturated heterocycles. The minimum absolute atomic E-state index is 0.428. The summed E-state index contributed by atoms with van der Waals surface area (Å²) in [6.07, 6.45) is 0. The van der Waals surface area contributed by atoms with Gasteiger partial charge in [0.25, 0.3) is 0 Å². The molecule has 0 nitrogen and oxygen atoms in total. The Morgan fingerprint density at radius 3 is 2.50 bits per heavy atom. The van der Waals surface area contributed by atoms with Crippen molar-refractivity contribution in [3.05, 3.63) is 35.9 Å². The molecule has 0 bridgehead atoms. The Balaban J connectivity index is 2.43. The SMILES string of the molecule is C[CH2][Hg][CH2]c1ccccc1. The van der Waals surface area contributed by atoms with E-state index >= 15 is 0 Å². The van der Waals surface area contributed by atoms with Gasteiger partial charge in [0.1, 0.15) is 0 Å². The summed E-state index contributed by atoms with van der Waals surface area (Å²) in [7, 11) is 0. The Morgan fingerprint density at radius 1 is 1.20 bits per heavy atom. The van der Waals surface area contributed by atoms with Crippen LogP contribution in [0, 0.1) is 0 Å². The molecular weight excluding hydrogens is 309 g/mol. The Bertz CT molecular complexity index is 169. The van der Waals surface area contributed by atoms with E-state index < -0.39 is 24.6 Å². The second-order valence-corrected chi connectivity index (χ2v) is 11.2. The molecule has 0 aliphatic rings. The van der Waals surface area contributed by atoms with Crippen molar-refractivity contribution < 1.29 is 24.6 Å². The van der Waals surface area contributed by atoms with Crippen LogP contribution in [0.3, 0.4) is 0 Å². The molecule has 0 radical (unpaired) electrons. The van der Waals surface area contributed by atoms with E-state index in [-0.39, 0.29) is 0 Å². The maximum atomic E-state index is 2.32. The standard InChI is InChI=1S/C7H7.C2H5.Hg/c1-7-5-3-2-4-6-7;1-2;/h2-6H,1H2;1H2,2H3;. The van der Waals surface area contributed by atoms with Crippen LogP contribution in [0.4, 0.5) is 0 Å². The molecule has 0 atom stereocenters. The van der Waals surface area contributed by atoms with E-state index in [1.54, 1.807) is 5.56 Å². The van der Waals surface area contributed by atoms with Crippen LogP contribution in [-0.2, 0) is 28.5 Å². The molecule has 10 heavy (non-hydrogen) atoms. The molecular formula is C9H12Hg. The van der Waals surface area contributed by atoms with Crippen LogP contribution >= 0.6 is 0 Å². The molecule has 1 rings (SSSR count). The van der Waals surface area contributed by atoms with Crippen molar-refractivity contribution in [2.24, 2.45) is 0 Å². The molecule has 0 fully saturated rings. The van der Waals surface area contributed by atoms with E-state index in [2.05, 4.69) is 37.3 Å². The van der Waals surface area contributed by atoms with Gasteiger partial charge in [0.05, 0.1) is 0 Å². The molecule has 50 valence electrons. The Morgan fingerprint density at radius 2 is 1.90 bits per heavy atom. The van der Waals surface area contributed by atoms with Crippen molar-refractivity contribution in [3.8, 4) is 0 Å². The van der Waals surface area contributed by atoms with Crippen LogP contribution in [0.25, 0.3) is 0 Å². The molecule has 0 aromatic heterocycles. The molecule has 0 saturated carbocycles. The fraction of sp³-hybridized carbons (Fsp3) is 0.333. The van der Waals surface area contributed by atoms with E-state index in [0.29, 0.717) is 0 Å². The van der Waals surface area contributed by atoms with Gasteiger partial charge in [0, 0.05) is 0 Å². The fourth-order valence-electron chi connectivity index (χ4n) is 1.03. The molecule has 0 aliphatic heterocycles. The van der Waals surface area contributed by atoms with Gasteiger partial charge in [-0.2, -0.15) is 0 Å². The first-order chi connectivity index (χ1) is 4.93. The summed E-state index contributed by atoms with van der Waals surface area (Å²) < 4.78 is 2.96. The Labute approximate surface area is 75.1 Å². The van der Waals surface area contributed by atoms with Crippen molar-refractivity contribution in [3.63, 3.8) is 0 Å². The average Bonchev–Trinajstić information content (AvgIpc) is 2.03. The van der Waals surface area contributed by atoms with Crippen LogP contribution in [0.15, 0.2) is 30.3 Å². The zero-order valence-corrected chi connectivity index (χ0v) is 12.0. The minimum atomic E-state index is -0.428. The van der Waals surface area contributed by atoms with E-state index in [9.17, 15) is 0 Å². The van der Waals surface area contributed by atoms with Gasteiger partial charge in [-0.1, -0.05) is 0 Å². The molecule has 0 heterocycles. The zero-order valence-electron chi connectivity index (χ0n) is 6.51. The molecule has 1 aromatic rings. The summed E-state index contributed by atoms with van der Waals surface area (Å²) in [5.41, 5.74) is 1.56. The van der Waals surface area contributed by atoms with Gasteiger partial charge in [0.2, 0.25) is 0 Å². The molecule has 0 unspecified atom stereocenters. The Hall–Kier alpha value is 0.155. The van der Waals surface area contributed by atoms with Crippen LogP contribution < -0.4 is 0 Å². The predicted molar refractivity (Wildman–Crippen MR) is 40.6 cm³/mol. The first-order valence-corrected chi connectivity index (χ1v) is 11.7. The van der Waals surface area contributed by atoms with Gasteiger partial charge < -0.3 is 0 Å². The van der Waals surface area contributed by atoms with Gasteiger partial charge >= 0.3 is 75.3 Å². The van der Waals surface area contributed by atoms with Crippen molar-refractivity contribution in [2.45, 2.75) is 14.8 Å². The normalized spacial score (nSPS) is 8.90. The first-order valence-electron chi connectivity index (χ1n) is 3.97.